The zero-order chi connectivity index (χ0) is 95.8. The number of aromatic amines is 3. The number of nitrogens with zero attached hydrogens (tertiary/aromatic N) is 22. The number of hydrogen-bond acceptors (Lipinski definition) is 20. The van der Waals surface area contributed by atoms with E-state index in [4.69, 9.17) is 50.6 Å². The molecule has 6 aliphatic heterocycles. The number of H-pyrrole nitrogens is 3. The second-order valence-corrected chi connectivity index (χ2v) is 40.3. The molecule has 9 aliphatic rings. The van der Waals surface area contributed by atoms with Crippen LogP contribution in [0.1, 0.15) is 225 Å². The first kappa shape index (κ1) is 96.1. The maximum atomic E-state index is 12.9. The van der Waals surface area contributed by atoms with Crippen molar-refractivity contribution in [2.45, 2.75) is 148 Å². The summed E-state index contributed by atoms with van der Waals surface area (Å²) in [6, 6.07) is 18.1. The molecule has 1 spiro atoms. The highest BCUT2D eigenvalue weighted by Crippen LogP contribution is 2.51. The number of piperidine rings is 2. The number of hydrogen-bond donors (Lipinski definition) is 7. The van der Waals surface area contributed by atoms with E-state index in [2.05, 4.69) is 132 Å². The Morgan fingerprint density at radius 3 is 1.29 bits per heavy atom. The number of pyridine rings is 4. The number of imidazole rings is 2. The summed E-state index contributed by atoms with van der Waals surface area (Å²) in [5, 5.41) is 17.8. The second-order valence-electron chi connectivity index (χ2n) is 38.1. The van der Waals surface area contributed by atoms with Gasteiger partial charge in [-0.3, -0.25) is 39.1 Å². The quantitative estimate of drug-likeness (QED) is 0.0442. The Morgan fingerprint density at radius 2 is 0.881 bits per heavy atom. The molecule has 7 fully saturated rings. The highest BCUT2D eigenvalue weighted by Gasteiger charge is 2.41. The van der Waals surface area contributed by atoms with Crippen LogP contribution in [0.15, 0.2) is 89.6 Å². The molecule has 39 nitrogen and oxygen atoms in total. The smallest absolute Gasteiger partial charge is 0.357 e. The molecule has 8 aromatic heterocycles. The molecule has 3 aliphatic carbocycles. The predicted molar refractivity (Wildman–Crippen MR) is 507 cm³/mol. The molecule has 0 radical (unpaired) electrons. The summed E-state index contributed by atoms with van der Waals surface area (Å²) < 4.78 is 32.6. The molecule has 17 rings (SSSR count). The molecule has 704 valence electrons. The van der Waals surface area contributed by atoms with Crippen LogP contribution in [0.3, 0.4) is 0 Å². The Hall–Kier alpha value is -14.0. The first-order valence-corrected chi connectivity index (χ1v) is 46.7. The van der Waals surface area contributed by atoms with Crippen LogP contribution < -0.4 is 31.1 Å². The molecule has 14 heterocycles. The lowest BCUT2D eigenvalue weighted by Crippen LogP contribution is -2.49. The van der Waals surface area contributed by atoms with Crippen LogP contribution in [-0.4, -0.2) is 278 Å². The van der Waals surface area contributed by atoms with Crippen LogP contribution in [0.25, 0.3) is 30.5 Å². The van der Waals surface area contributed by atoms with Gasteiger partial charge in [-0.15, -0.1) is 11.6 Å². The minimum absolute atomic E-state index is 0.00445. The molecule has 0 bridgehead atoms. The van der Waals surface area contributed by atoms with E-state index in [1.165, 1.54) is 58.8 Å². The monoisotopic (exact) mass is 1840 g/mol. The normalized spacial score (nSPS) is 19.5. The first-order valence-electron chi connectivity index (χ1n) is 45.3. The maximum absolute atomic E-state index is 12.9. The lowest BCUT2D eigenvalue weighted by molar-refractivity contribution is 0.0993. The van der Waals surface area contributed by atoms with Gasteiger partial charge in [-0.2, -0.15) is 21.9 Å². The average molecular weight is 1850 g/mol. The van der Waals surface area contributed by atoms with E-state index in [-0.39, 0.29) is 99.3 Å². The van der Waals surface area contributed by atoms with Crippen LogP contribution in [0, 0.1) is 48.5 Å². The van der Waals surface area contributed by atoms with Gasteiger partial charge in [-0.1, -0.05) is 77.9 Å². The number of anilines is 6. The fraction of sp³-hybridized carbons (Fsp3) is 0.500. The number of amides is 10. The summed E-state index contributed by atoms with van der Waals surface area (Å²) in [7, 11) is 10.5. The molecule has 1 saturated carbocycles. The molecule has 10 amide bonds. The van der Waals surface area contributed by atoms with E-state index in [1.54, 1.807) is 77.8 Å². The number of carbonyl (C=O) groups is 7. The second kappa shape index (κ2) is 40.6. The SMILES string of the molecule is [C-]#[N+]c1ccc(C(=O)Nc2ccc(C3CN(C)C(=O)N(C)C3)nc2C2=CCC3(CCCC3)CC2)o1.[C-]#[N+]c1cnc(C(=O)Nc2ccc(C3CN(C)C(=O)N(C)C3)nc2C2=CCC(C)(C)CC2)[nH]1.[C-]#[N+]c1cnc(C(=O)Nc2ccc(C3CN(C)C(=O)N(C)C3)nc2N2CCC(C)(C)CC2)[nH]1.[C-]#[N+]c1nc(C(=O)Nc2ccc(C3CN(C)S(=O)(=O)N(C)C3)nc2N2CCC(C)CC2)n[nH]1. The van der Waals surface area contributed by atoms with Crippen LogP contribution in [0.2, 0.25) is 0 Å². The van der Waals surface area contributed by atoms with Gasteiger partial charge in [0.25, 0.3) is 27.8 Å². The van der Waals surface area contributed by atoms with E-state index in [9.17, 15) is 42.0 Å². The lowest BCUT2D eigenvalue weighted by atomic mass is 9.73. The third kappa shape index (κ3) is 22.3. The van der Waals surface area contributed by atoms with E-state index in [1.807, 2.05) is 56.6 Å². The third-order valence-electron chi connectivity index (χ3n) is 26.9. The van der Waals surface area contributed by atoms with Gasteiger partial charge in [-0.25, -0.2) is 39.4 Å². The Kier molecular flexibility index (Phi) is 29.1. The average Bonchev–Trinajstić information content (AvgIpc) is 1.01. The molecular formula is C94H117N29O10S. The van der Waals surface area contributed by atoms with Crippen LogP contribution in [0.4, 0.5) is 72.2 Å². The summed E-state index contributed by atoms with van der Waals surface area (Å²) in [5.74, 6) is 0.971. The summed E-state index contributed by atoms with van der Waals surface area (Å²) in [5.41, 5.74) is 10.6. The van der Waals surface area contributed by atoms with Gasteiger partial charge in [0.2, 0.25) is 11.6 Å². The van der Waals surface area contributed by atoms with Crippen molar-refractivity contribution in [2.75, 3.05) is 166 Å². The fourth-order valence-electron chi connectivity index (χ4n) is 18.7. The number of urea groups is 3. The van der Waals surface area contributed by atoms with Crippen LogP contribution in [-0.2, 0) is 10.2 Å². The van der Waals surface area contributed by atoms with Crippen molar-refractivity contribution in [3.8, 4) is 0 Å². The molecule has 0 atom stereocenters. The number of aromatic nitrogens is 11. The molecule has 7 N–H and O–H groups in total. The van der Waals surface area contributed by atoms with Crippen LogP contribution in [0.5, 0.6) is 0 Å². The van der Waals surface area contributed by atoms with Crippen molar-refractivity contribution in [3.63, 3.8) is 0 Å². The largest absolute Gasteiger partial charge is 0.475 e. The number of rotatable bonds is 16. The molecule has 0 aromatic carbocycles. The maximum Gasteiger partial charge on any atom is 0.357 e. The standard InChI is InChI=1S/C27H31N5O3.C24H29N7O2.C23H30N8O2.C20H27N9O3S/c1-28-23-9-8-22(35-23)25(33)30-21-7-6-20(19-16-31(2)26(34)32(3)17-19)29-24(21)18-10-14-27(15-11-18)12-4-5-13-27;1-24(2)10-8-15(9-11-24)20-18(28-22(32)21-26-12-19(25-3)29-21)7-6-17(27-20)16-13-30(4)23(33)31(5)14-16;1-23(2)8-10-31(11-9-23)20-17(27-21(32)19-25-12-18(24-3)28-19)7-6-16(26-20)15-13-29(4)22(33)30(5)14-15;1-13-7-9-29(10-8-13)18-16(23-19(30)17-24-20(21-2)26-25-17)6-5-15(22-18)14-11-27(3)33(31,32)28(4)12-14/h6-10,19H,4-5,11-17H2,2-3H3,(H,30,33);6-8,12,16H,9-11,13-14H2,1-2,4-5H3,(H,26,29)(H,28,32);6-7,12,15H,8-11,13-14H2,1-2,4-5H3,(H,25,28)(H,27,32);5-6,13-14H,7-12H2,1,3-4H3,(H,23,30)(H,24,25,26). The Labute approximate surface area is 780 Å². The lowest BCUT2D eigenvalue weighted by Gasteiger charge is -2.39. The van der Waals surface area contributed by atoms with Gasteiger partial charge in [-0.05, 0) is 171 Å². The van der Waals surface area contributed by atoms with Gasteiger partial charge in [0.1, 0.15) is 0 Å². The fourth-order valence-corrected chi connectivity index (χ4v) is 19.9. The van der Waals surface area contributed by atoms with Crippen molar-refractivity contribution in [1.82, 2.24) is 93.1 Å². The Morgan fingerprint density at radius 1 is 0.463 bits per heavy atom. The zero-order valence-corrected chi connectivity index (χ0v) is 79.0. The topological polar surface area (TPSA) is 415 Å². The minimum Gasteiger partial charge on any atom is -0.475 e. The predicted octanol–water partition coefficient (Wildman–Crippen LogP) is 14.7. The van der Waals surface area contributed by atoms with Crippen molar-refractivity contribution in [3.05, 3.63) is 188 Å². The summed E-state index contributed by atoms with van der Waals surface area (Å²) in [4.78, 5) is 152. The third-order valence-corrected chi connectivity index (χ3v) is 28.8. The van der Waals surface area contributed by atoms with Gasteiger partial charge < -0.3 is 79.4 Å². The summed E-state index contributed by atoms with van der Waals surface area (Å²) in [6.45, 7) is 47.0. The highest BCUT2D eigenvalue weighted by molar-refractivity contribution is 7.86. The molecule has 6 saturated heterocycles. The van der Waals surface area contributed by atoms with Crippen molar-refractivity contribution < 1.29 is 46.4 Å². The van der Waals surface area contributed by atoms with Crippen LogP contribution >= 0.6 is 0 Å². The summed E-state index contributed by atoms with van der Waals surface area (Å²) >= 11 is 0. The molecule has 40 heteroatoms. The van der Waals surface area contributed by atoms with Gasteiger partial charge in [0.05, 0.1) is 53.1 Å². The molecule has 134 heavy (non-hydrogen) atoms. The summed E-state index contributed by atoms with van der Waals surface area (Å²) in [6.07, 6.45) is 22.5. The van der Waals surface area contributed by atoms with Crippen molar-refractivity contribution in [2.24, 2.45) is 22.2 Å². The van der Waals surface area contributed by atoms with Gasteiger partial charge in [0.15, 0.2) is 17.4 Å². The zero-order valence-electron chi connectivity index (χ0n) is 78.2. The molecular weight excluding hydrogens is 1730 g/mol. The number of likely N-dealkylation sites (N-methyl/N-ethyl adjacent to an activating group) is 8. The number of carbonyl (C=O) groups excluding carboxylic acids is 7. The Bertz CT molecular complexity index is 6050. The number of allylic oxidation sites excluding steroid dienone is 4. The van der Waals surface area contributed by atoms with E-state index < -0.39 is 33.8 Å². The van der Waals surface area contributed by atoms with E-state index in [0.29, 0.717) is 92.3 Å². The minimum atomic E-state index is -3.44. The highest BCUT2D eigenvalue weighted by atomic mass is 32.2. The van der Waals surface area contributed by atoms with Gasteiger partial charge in [0, 0.05) is 181 Å². The first-order chi connectivity index (χ1) is 63.9. The van der Waals surface area contributed by atoms with Crippen molar-refractivity contribution in [1.29, 1.82) is 0 Å². The molecule has 0 unspecified atom stereocenters. The Balaban J connectivity index is 0.000000143. The number of furan rings is 1. The van der Waals surface area contributed by atoms with E-state index >= 15 is 0 Å². The molecule has 8 aromatic rings. The van der Waals surface area contributed by atoms with E-state index in [0.717, 1.165) is 142 Å². The number of nitrogens with one attached hydrogen (secondary N) is 7. The van der Waals surface area contributed by atoms with Crippen molar-refractivity contribution >= 4 is 121 Å². The van der Waals surface area contributed by atoms with Gasteiger partial charge >= 0.3 is 53.5 Å².